The highest BCUT2D eigenvalue weighted by Crippen LogP contribution is 2.30. The minimum Gasteiger partial charge on any atom is -0.322 e. The summed E-state index contributed by atoms with van der Waals surface area (Å²) in [5.74, 6) is -0.0463. The predicted molar refractivity (Wildman–Crippen MR) is 71.5 cm³/mol. The molecule has 0 atom stereocenters. The van der Waals surface area contributed by atoms with E-state index in [1.54, 1.807) is 16.2 Å². The monoisotopic (exact) mass is 264 g/mol. The van der Waals surface area contributed by atoms with Gasteiger partial charge < -0.3 is 4.90 Å². The number of amides is 1. The Bertz CT molecular complexity index is 548. The van der Waals surface area contributed by atoms with Crippen molar-refractivity contribution in [2.24, 2.45) is 0 Å². The van der Waals surface area contributed by atoms with Crippen LogP contribution in [0, 0.1) is 11.3 Å². The molecule has 2 aromatic rings. The van der Waals surface area contributed by atoms with Gasteiger partial charge in [0, 0.05) is 15.4 Å². The second kappa shape index (κ2) is 4.86. The van der Waals surface area contributed by atoms with Crippen molar-refractivity contribution in [2.75, 3.05) is 6.54 Å². The summed E-state index contributed by atoms with van der Waals surface area (Å²) in [5.41, 5.74) is 0. The fourth-order valence-electron chi connectivity index (χ4n) is 1.58. The van der Waals surface area contributed by atoms with Crippen LogP contribution in [0.1, 0.15) is 23.5 Å². The van der Waals surface area contributed by atoms with Crippen molar-refractivity contribution >= 4 is 38.0 Å². The average Bonchev–Trinajstić information content (AvgIpc) is 2.84. The summed E-state index contributed by atoms with van der Waals surface area (Å²) in [6, 6.07) is 6.02. The molecule has 0 spiro atoms. The fourth-order valence-corrected chi connectivity index (χ4v) is 3.64. The third-order valence-electron chi connectivity index (χ3n) is 2.48. The molecule has 0 N–H and O–H groups in total. The van der Waals surface area contributed by atoms with Gasteiger partial charge in [-0.05, 0) is 31.4 Å². The van der Waals surface area contributed by atoms with Crippen LogP contribution in [0.25, 0.3) is 9.40 Å². The van der Waals surface area contributed by atoms with Crippen LogP contribution in [-0.2, 0) is 0 Å². The van der Waals surface area contributed by atoms with E-state index in [2.05, 4.69) is 0 Å². The van der Waals surface area contributed by atoms with Crippen LogP contribution in [0.2, 0.25) is 0 Å². The maximum Gasteiger partial charge on any atom is 0.265 e. The summed E-state index contributed by atoms with van der Waals surface area (Å²) < 4.78 is 2.28. The fraction of sp³-hybridized carbons (Fsp3) is 0.333. The molecule has 0 aromatic carbocycles. The molecule has 5 heteroatoms. The molecule has 2 heterocycles. The van der Waals surface area contributed by atoms with Crippen molar-refractivity contribution in [1.29, 1.82) is 5.26 Å². The number of carbonyl (C=O) groups excluding carboxylic acids is 1. The topological polar surface area (TPSA) is 44.1 Å². The lowest BCUT2D eigenvalue weighted by Gasteiger charge is -2.22. The van der Waals surface area contributed by atoms with Crippen molar-refractivity contribution in [3.05, 3.63) is 22.4 Å². The molecular weight excluding hydrogens is 252 g/mol. The van der Waals surface area contributed by atoms with Gasteiger partial charge in [-0.3, -0.25) is 4.79 Å². The van der Waals surface area contributed by atoms with Crippen LogP contribution in [0.5, 0.6) is 0 Å². The zero-order valence-corrected chi connectivity index (χ0v) is 11.3. The molecule has 2 rings (SSSR count). The molecule has 0 saturated heterocycles. The summed E-state index contributed by atoms with van der Waals surface area (Å²) in [7, 11) is 0. The van der Waals surface area contributed by atoms with E-state index in [9.17, 15) is 4.79 Å². The molecule has 0 fully saturated rings. The van der Waals surface area contributed by atoms with Crippen molar-refractivity contribution < 1.29 is 4.79 Å². The van der Waals surface area contributed by atoms with Crippen LogP contribution >= 0.6 is 22.7 Å². The second-order valence-corrected chi connectivity index (χ2v) is 5.98. The van der Waals surface area contributed by atoms with Crippen LogP contribution < -0.4 is 0 Å². The zero-order valence-electron chi connectivity index (χ0n) is 9.64. The first-order chi connectivity index (χ1) is 8.13. The van der Waals surface area contributed by atoms with Crippen LogP contribution in [-0.4, -0.2) is 23.4 Å². The van der Waals surface area contributed by atoms with Crippen molar-refractivity contribution in [1.82, 2.24) is 4.90 Å². The number of thiophene rings is 2. The predicted octanol–water partition coefficient (Wildman–Crippen LogP) is 3.34. The Balaban J connectivity index is 2.30. The molecule has 88 valence electrons. The van der Waals surface area contributed by atoms with Crippen LogP contribution in [0.4, 0.5) is 0 Å². The quantitative estimate of drug-likeness (QED) is 0.798. The van der Waals surface area contributed by atoms with Crippen molar-refractivity contribution in [3.63, 3.8) is 0 Å². The number of hydrogen-bond donors (Lipinski definition) is 0. The maximum atomic E-state index is 12.2. The smallest absolute Gasteiger partial charge is 0.265 e. The lowest BCUT2D eigenvalue weighted by atomic mass is 10.3. The van der Waals surface area contributed by atoms with Gasteiger partial charge in [-0.1, -0.05) is 0 Å². The minimum atomic E-state index is -0.0463. The highest BCUT2D eigenvalue weighted by atomic mass is 32.1. The zero-order chi connectivity index (χ0) is 12.4. The standard InChI is InChI=1S/C12H12N2OS2/c1-8(2)14(5-4-13)12(15)11-7-10-9(17-11)3-6-16-10/h3,6-8H,5H2,1-2H3. The van der Waals surface area contributed by atoms with Gasteiger partial charge >= 0.3 is 0 Å². The summed E-state index contributed by atoms with van der Waals surface area (Å²) in [5, 5.41) is 10.8. The Morgan fingerprint density at radius 1 is 1.53 bits per heavy atom. The summed E-state index contributed by atoms with van der Waals surface area (Å²) in [4.78, 5) is 14.5. The molecule has 0 aliphatic heterocycles. The Morgan fingerprint density at radius 2 is 2.29 bits per heavy atom. The molecule has 3 nitrogen and oxygen atoms in total. The number of nitrogens with zero attached hydrogens (tertiary/aromatic N) is 2. The average molecular weight is 264 g/mol. The van der Waals surface area contributed by atoms with Gasteiger partial charge in [-0.15, -0.1) is 22.7 Å². The SMILES string of the molecule is CC(C)N(CC#N)C(=O)c1cc2sccc2s1. The van der Waals surface area contributed by atoms with Gasteiger partial charge in [0.1, 0.15) is 6.54 Å². The molecule has 0 aliphatic rings. The third kappa shape index (κ3) is 2.33. The lowest BCUT2D eigenvalue weighted by molar-refractivity contribution is 0.0736. The Morgan fingerprint density at radius 3 is 2.88 bits per heavy atom. The molecule has 1 amide bonds. The number of rotatable bonds is 3. The maximum absolute atomic E-state index is 12.2. The van der Waals surface area contributed by atoms with Gasteiger partial charge in [0.15, 0.2) is 0 Å². The molecule has 0 saturated carbocycles. The normalized spacial score (nSPS) is 10.7. The van der Waals surface area contributed by atoms with E-state index in [1.165, 1.54) is 11.3 Å². The molecular formula is C12H12N2OS2. The first-order valence-corrected chi connectivity index (χ1v) is 6.98. The number of hydrogen-bond acceptors (Lipinski definition) is 4. The van der Waals surface area contributed by atoms with Crippen LogP contribution in [0.3, 0.4) is 0 Å². The van der Waals surface area contributed by atoms with Gasteiger partial charge in [-0.2, -0.15) is 5.26 Å². The van der Waals surface area contributed by atoms with E-state index < -0.39 is 0 Å². The van der Waals surface area contributed by atoms with Gasteiger partial charge in [0.25, 0.3) is 5.91 Å². The minimum absolute atomic E-state index is 0.0438. The molecule has 0 bridgehead atoms. The van der Waals surface area contributed by atoms with Gasteiger partial charge in [0.2, 0.25) is 0 Å². The summed E-state index contributed by atoms with van der Waals surface area (Å²) in [6.45, 7) is 3.98. The van der Waals surface area contributed by atoms with Crippen molar-refractivity contribution in [2.45, 2.75) is 19.9 Å². The molecule has 0 unspecified atom stereocenters. The Kier molecular flexibility index (Phi) is 3.46. The first kappa shape index (κ1) is 12.1. The number of fused-ring (bicyclic) bond motifs is 1. The second-order valence-electron chi connectivity index (χ2n) is 3.94. The van der Waals surface area contributed by atoms with E-state index in [1.807, 2.05) is 37.4 Å². The van der Waals surface area contributed by atoms with E-state index >= 15 is 0 Å². The summed E-state index contributed by atoms with van der Waals surface area (Å²) in [6.07, 6.45) is 0. The van der Waals surface area contributed by atoms with E-state index in [0.717, 1.165) is 14.3 Å². The Labute approximate surface area is 108 Å². The Hall–Kier alpha value is -1.38. The number of nitriles is 1. The lowest BCUT2D eigenvalue weighted by Crippen LogP contribution is -2.36. The molecule has 0 aliphatic carbocycles. The number of carbonyl (C=O) groups is 1. The molecule has 2 aromatic heterocycles. The van der Waals surface area contributed by atoms with E-state index in [-0.39, 0.29) is 18.5 Å². The highest BCUT2D eigenvalue weighted by Gasteiger charge is 2.20. The van der Waals surface area contributed by atoms with Crippen LogP contribution in [0.15, 0.2) is 17.5 Å². The van der Waals surface area contributed by atoms with Crippen molar-refractivity contribution in [3.8, 4) is 6.07 Å². The van der Waals surface area contributed by atoms with Gasteiger partial charge in [0.05, 0.1) is 10.9 Å². The van der Waals surface area contributed by atoms with E-state index in [4.69, 9.17) is 5.26 Å². The van der Waals surface area contributed by atoms with Gasteiger partial charge in [-0.25, -0.2) is 0 Å². The van der Waals surface area contributed by atoms with E-state index in [0.29, 0.717) is 0 Å². The highest BCUT2D eigenvalue weighted by molar-refractivity contribution is 7.27. The molecule has 0 radical (unpaired) electrons. The third-order valence-corrected chi connectivity index (χ3v) is 4.56. The largest absolute Gasteiger partial charge is 0.322 e. The first-order valence-electron chi connectivity index (χ1n) is 5.28. The molecule has 17 heavy (non-hydrogen) atoms. The summed E-state index contributed by atoms with van der Waals surface area (Å²) >= 11 is 3.13.